The largest absolute Gasteiger partial charge is 0.488 e. The molecule has 0 bridgehead atoms. The van der Waals surface area contributed by atoms with E-state index in [0.29, 0.717) is 11.3 Å². The Morgan fingerprint density at radius 3 is 2.84 bits per heavy atom. The second-order valence-electron chi connectivity index (χ2n) is 4.04. The van der Waals surface area contributed by atoms with Crippen LogP contribution in [0.2, 0.25) is 0 Å². The van der Waals surface area contributed by atoms with Crippen LogP contribution in [0.1, 0.15) is 12.0 Å². The molecule has 1 aromatic rings. The van der Waals surface area contributed by atoms with Crippen LogP contribution in [0.3, 0.4) is 0 Å². The van der Waals surface area contributed by atoms with Crippen LogP contribution in [-0.4, -0.2) is 31.9 Å². The van der Waals surface area contributed by atoms with Crippen LogP contribution in [0.4, 0.5) is 0 Å². The third kappa shape index (κ3) is 3.36. The monoisotopic (exact) mass is 346 g/mol. The predicted molar refractivity (Wildman–Crippen MR) is 73.7 cm³/mol. The minimum Gasteiger partial charge on any atom is -0.488 e. The van der Waals surface area contributed by atoms with Gasteiger partial charge < -0.3 is 9.84 Å². The molecule has 0 radical (unpaired) electrons. The van der Waals surface area contributed by atoms with Crippen LogP contribution in [0, 0.1) is 0 Å². The van der Waals surface area contributed by atoms with Gasteiger partial charge in [-0.1, -0.05) is 22.0 Å². The summed E-state index contributed by atoms with van der Waals surface area (Å²) in [6, 6.07) is 5.28. The molecule has 0 spiro atoms. The van der Waals surface area contributed by atoms with Gasteiger partial charge in [0, 0.05) is 10.0 Å². The summed E-state index contributed by atoms with van der Waals surface area (Å²) in [5, 5.41) is 8.54. The van der Waals surface area contributed by atoms with Gasteiger partial charge in [-0.05, 0) is 18.2 Å². The van der Waals surface area contributed by atoms with E-state index in [2.05, 4.69) is 15.9 Å². The molecule has 0 unspecified atom stereocenters. The van der Waals surface area contributed by atoms with Crippen molar-refractivity contribution in [2.45, 2.75) is 6.42 Å². The number of fused-ring (bicyclic) bond motifs is 1. The number of benzene rings is 1. The second kappa shape index (κ2) is 5.34. The van der Waals surface area contributed by atoms with Crippen molar-refractivity contribution in [2.24, 2.45) is 0 Å². The molecule has 1 aromatic carbocycles. The van der Waals surface area contributed by atoms with Gasteiger partial charge in [-0.2, -0.15) is 0 Å². The number of ether oxygens (including phenoxy) is 1. The summed E-state index contributed by atoms with van der Waals surface area (Å²) >= 11 is 3.30. The van der Waals surface area contributed by atoms with Crippen molar-refractivity contribution in [1.29, 1.82) is 0 Å². The Hall–Kier alpha value is -1.34. The number of hydrogen-bond acceptors (Lipinski definition) is 4. The molecule has 0 atom stereocenters. The molecule has 0 fully saturated rings. The summed E-state index contributed by atoms with van der Waals surface area (Å²) in [6.07, 6.45) is 1.12. The zero-order chi connectivity index (χ0) is 14.0. The lowest BCUT2D eigenvalue weighted by atomic mass is 10.1. The van der Waals surface area contributed by atoms with Crippen molar-refractivity contribution in [1.82, 2.24) is 0 Å². The lowest BCUT2D eigenvalue weighted by Gasteiger charge is -2.18. The zero-order valence-electron chi connectivity index (χ0n) is 9.80. The molecule has 1 N–H and O–H groups in total. The summed E-state index contributed by atoms with van der Waals surface area (Å²) in [5.41, 5.74) is 0.670. The lowest BCUT2D eigenvalue weighted by molar-refractivity contribution is -0.136. The number of rotatable bonds is 4. The van der Waals surface area contributed by atoms with Crippen LogP contribution < -0.4 is 4.74 Å². The van der Waals surface area contributed by atoms with Crippen molar-refractivity contribution in [3.8, 4) is 5.75 Å². The molecule has 1 aliphatic rings. The maximum atomic E-state index is 11.9. The Morgan fingerprint density at radius 2 is 2.16 bits per heavy atom. The summed E-state index contributed by atoms with van der Waals surface area (Å²) < 4.78 is 30.1. The smallest absolute Gasteiger partial charge is 0.304 e. The predicted octanol–water partition coefficient (Wildman–Crippen LogP) is 2.07. The van der Waals surface area contributed by atoms with Crippen LogP contribution in [0.5, 0.6) is 5.75 Å². The molecule has 7 heteroatoms. The Morgan fingerprint density at radius 1 is 1.42 bits per heavy atom. The molecule has 0 saturated heterocycles. The minimum atomic E-state index is -3.59. The fourth-order valence-electron chi connectivity index (χ4n) is 1.65. The Bertz CT molecular complexity index is 648. The summed E-state index contributed by atoms with van der Waals surface area (Å²) in [7, 11) is -3.59. The van der Waals surface area contributed by atoms with Crippen molar-refractivity contribution in [3.05, 3.63) is 33.1 Å². The van der Waals surface area contributed by atoms with Gasteiger partial charge in [0.15, 0.2) is 9.84 Å². The van der Waals surface area contributed by atoms with Crippen LogP contribution >= 0.6 is 15.9 Å². The molecule has 5 nitrogen and oxygen atoms in total. The average Bonchev–Trinajstić information content (AvgIpc) is 2.36. The van der Waals surface area contributed by atoms with Gasteiger partial charge in [0.2, 0.25) is 0 Å². The first-order valence-corrected chi connectivity index (χ1v) is 7.90. The van der Waals surface area contributed by atoms with E-state index in [1.54, 1.807) is 18.2 Å². The molecule has 1 aliphatic heterocycles. The number of hydrogen-bond donors (Lipinski definition) is 1. The highest BCUT2D eigenvalue weighted by atomic mass is 79.9. The van der Waals surface area contributed by atoms with E-state index < -0.39 is 28.0 Å². The number of aliphatic carboxylic acids is 1. The highest BCUT2D eigenvalue weighted by Crippen LogP contribution is 2.31. The van der Waals surface area contributed by atoms with E-state index in [1.807, 2.05) is 0 Å². The standard InChI is InChI=1S/C12H11BrO5S/c13-9-2-1-8-5-10(7-18-11(8)6-9)19(16,17)4-3-12(14)15/h1-2,5-6H,3-4,7H2,(H,14,15). The fraction of sp³-hybridized carbons (Fsp3) is 0.250. The van der Waals surface area contributed by atoms with Gasteiger partial charge >= 0.3 is 5.97 Å². The zero-order valence-corrected chi connectivity index (χ0v) is 12.2. The van der Waals surface area contributed by atoms with E-state index in [1.165, 1.54) is 6.08 Å². The quantitative estimate of drug-likeness (QED) is 0.902. The highest BCUT2D eigenvalue weighted by molar-refractivity contribution is 9.10. The van der Waals surface area contributed by atoms with Gasteiger partial charge in [-0.3, -0.25) is 4.79 Å². The number of carboxylic acids is 1. The second-order valence-corrected chi connectivity index (χ2v) is 7.12. The van der Waals surface area contributed by atoms with Crippen molar-refractivity contribution in [3.63, 3.8) is 0 Å². The number of sulfone groups is 1. The van der Waals surface area contributed by atoms with Crippen LogP contribution in [-0.2, 0) is 14.6 Å². The molecule has 2 rings (SSSR count). The highest BCUT2D eigenvalue weighted by Gasteiger charge is 2.23. The molecule has 0 saturated carbocycles. The van der Waals surface area contributed by atoms with Gasteiger partial charge in [0.05, 0.1) is 17.1 Å². The van der Waals surface area contributed by atoms with E-state index in [4.69, 9.17) is 9.84 Å². The molecule has 0 amide bonds. The number of carbonyl (C=O) groups is 1. The maximum absolute atomic E-state index is 11.9. The van der Waals surface area contributed by atoms with E-state index in [9.17, 15) is 13.2 Å². The third-order valence-electron chi connectivity index (χ3n) is 2.65. The first kappa shape index (κ1) is 14.1. The Kier molecular flexibility index (Phi) is 3.96. The minimum absolute atomic E-state index is 0.0641. The SMILES string of the molecule is O=C(O)CCS(=O)(=O)C1=Cc2ccc(Br)cc2OC1. The average molecular weight is 347 g/mol. The number of carboxylic acid groups (broad SMARTS) is 1. The molecule has 19 heavy (non-hydrogen) atoms. The molecular formula is C12H11BrO5S. The van der Waals surface area contributed by atoms with Crippen LogP contribution in [0.15, 0.2) is 27.6 Å². The van der Waals surface area contributed by atoms with Crippen molar-refractivity contribution in [2.75, 3.05) is 12.4 Å². The van der Waals surface area contributed by atoms with Gasteiger partial charge in [0.25, 0.3) is 0 Å². The van der Waals surface area contributed by atoms with Gasteiger partial charge in [0.1, 0.15) is 12.4 Å². The first-order chi connectivity index (χ1) is 8.88. The maximum Gasteiger partial charge on any atom is 0.304 e. The summed E-state index contributed by atoms with van der Waals surface area (Å²) in [6.45, 7) is -0.0641. The molecule has 1 heterocycles. The van der Waals surface area contributed by atoms with Gasteiger partial charge in [-0.15, -0.1) is 0 Å². The van der Waals surface area contributed by atoms with Crippen molar-refractivity contribution >= 4 is 37.8 Å². The van der Waals surface area contributed by atoms with E-state index in [0.717, 1.165) is 4.47 Å². The van der Waals surface area contributed by atoms with E-state index >= 15 is 0 Å². The third-order valence-corrected chi connectivity index (χ3v) is 4.92. The fourth-order valence-corrected chi connectivity index (χ4v) is 3.24. The Balaban J connectivity index is 2.28. The number of halogens is 1. The first-order valence-electron chi connectivity index (χ1n) is 5.46. The van der Waals surface area contributed by atoms with Gasteiger partial charge in [-0.25, -0.2) is 8.42 Å². The van der Waals surface area contributed by atoms with Crippen LogP contribution in [0.25, 0.3) is 6.08 Å². The normalized spacial score (nSPS) is 14.3. The summed E-state index contributed by atoms with van der Waals surface area (Å²) in [4.78, 5) is 10.6. The van der Waals surface area contributed by atoms with E-state index in [-0.39, 0.29) is 11.5 Å². The topological polar surface area (TPSA) is 80.7 Å². The van der Waals surface area contributed by atoms with Crippen molar-refractivity contribution < 1.29 is 23.1 Å². The molecular weight excluding hydrogens is 336 g/mol. The molecule has 102 valence electrons. The Labute approximate surface area is 118 Å². The lowest BCUT2D eigenvalue weighted by Crippen LogP contribution is -2.19. The summed E-state index contributed by atoms with van der Waals surface area (Å²) in [5.74, 6) is -0.944. The molecule has 0 aliphatic carbocycles. The molecule has 0 aromatic heterocycles.